The average Bonchev–Trinajstić information content (AvgIpc) is 2.27. The van der Waals surface area contributed by atoms with Gasteiger partial charge in [0, 0.05) is 19.2 Å². The van der Waals surface area contributed by atoms with Crippen LogP contribution in [-0.2, 0) is 21.2 Å². The average molecular weight is 271 g/mol. The molecule has 0 amide bonds. The van der Waals surface area contributed by atoms with E-state index in [1.165, 1.54) is 6.26 Å². The Kier molecular flexibility index (Phi) is 5.30. The molecule has 0 bridgehead atoms. The highest BCUT2D eigenvalue weighted by Gasteiger charge is 2.05. The lowest BCUT2D eigenvalue weighted by molar-refractivity contribution is -0.137. The largest absolute Gasteiger partial charge is 0.481 e. The summed E-state index contributed by atoms with van der Waals surface area (Å²) in [5.41, 5.74) is 0.970. The number of carboxylic acid groups (broad SMARTS) is 1. The Hall–Kier alpha value is -1.40. The quantitative estimate of drug-likeness (QED) is 0.724. The lowest BCUT2D eigenvalue weighted by Crippen LogP contribution is -2.15. The van der Waals surface area contributed by atoms with Crippen molar-refractivity contribution in [3.05, 3.63) is 29.8 Å². The van der Waals surface area contributed by atoms with Crippen molar-refractivity contribution < 1.29 is 18.3 Å². The lowest BCUT2D eigenvalue weighted by atomic mass is 10.2. The van der Waals surface area contributed by atoms with Crippen LogP contribution in [0.3, 0.4) is 0 Å². The molecule has 5 nitrogen and oxygen atoms in total. The van der Waals surface area contributed by atoms with Crippen LogP contribution in [0.1, 0.15) is 18.4 Å². The summed E-state index contributed by atoms with van der Waals surface area (Å²) >= 11 is 0. The molecule has 2 N–H and O–H groups in total. The summed E-state index contributed by atoms with van der Waals surface area (Å²) in [5.74, 6) is -0.797. The van der Waals surface area contributed by atoms with Crippen molar-refractivity contribution in [3.8, 4) is 0 Å². The van der Waals surface area contributed by atoms with Crippen molar-refractivity contribution in [2.75, 3.05) is 12.8 Å². The van der Waals surface area contributed by atoms with E-state index in [0.717, 1.165) is 5.56 Å². The number of hydrogen-bond acceptors (Lipinski definition) is 4. The number of benzene rings is 1. The van der Waals surface area contributed by atoms with Crippen molar-refractivity contribution >= 4 is 15.8 Å². The van der Waals surface area contributed by atoms with E-state index in [0.29, 0.717) is 24.4 Å². The minimum Gasteiger partial charge on any atom is -0.481 e. The van der Waals surface area contributed by atoms with Crippen molar-refractivity contribution in [2.45, 2.75) is 24.3 Å². The topological polar surface area (TPSA) is 83.5 Å². The molecule has 1 rings (SSSR count). The first kappa shape index (κ1) is 14.7. The summed E-state index contributed by atoms with van der Waals surface area (Å²) in [4.78, 5) is 10.6. The zero-order valence-electron chi connectivity index (χ0n) is 10.2. The molecule has 0 aliphatic rings. The second-order valence-corrected chi connectivity index (χ2v) is 6.11. The molecule has 0 atom stereocenters. The van der Waals surface area contributed by atoms with Gasteiger partial charge < -0.3 is 10.4 Å². The summed E-state index contributed by atoms with van der Waals surface area (Å²) < 4.78 is 22.5. The number of carbonyl (C=O) groups is 1. The number of nitrogens with one attached hydrogen (secondary N) is 1. The minimum absolute atomic E-state index is 0.153. The zero-order valence-corrected chi connectivity index (χ0v) is 11.0. The molecule has 0 saturated carbocycles. The first-order valence-corrected chi connectivity index (χ1v) is 7.50. The van der Waals surface area contributed by atoms with Crippen LogP contribution in [0.2, 0.25) is 0 Å². The maximum absolute atomic E-state index is 11.2. The van der Waals surface area contributed by atoms with E-state index >= 15 is 0 Å². The Balaban J connectivity index is 2.38. The fourth-order valence-electron chi connectivity index (χ4n) is 1.45. The van der Waals surface area contributed by atoms with Crippen molar-refractivity contribution in [2.24, 2.45) is 0 Å². The molecule has 1 aromatic carbocycles. The fourth-order valence-corrected chi connectivity index (χ4v) is 2.08. The van der Waals surface area contributed by atoms with Gasteiger partial charge in [-0.2, -0.15) is 0 Å². The van der Waals surface area contributed by atoms with Crippen molar-refractivity contribution in [3.63, 3.8) is 0 Å². The molecule has 0 aliphatic heterocycles. The molecule has 0 saturated heterocycles. The summed E-state index contributed by atoms with van der Waals surface area (Å²) in [7, 11) is -3.14. The van der Waals surface area contributed by atoms with Crippen LogP contribution in [-0.4, -0.2) is 32.3 Å². The molecule has 0 fully saturated rings. The van der Waals surface area contributed by atoms with E-state index in [-0.39, 0.29) is 6.42 Å². The van der Waals surface area contributed by atoms with Crippen LogP contribution in [0, 0.1) is 0 Å². The van der Waals surface area contributed by atoms with Gasteiger partial charge in [0.25, 0.3) is 0 Å². The van der Waals surface area contributed by atoms with Gasteiger partial charge in [-0.25, -0.2) is 8.42 Å². The van der Waals surface area contributed by atoms with E-state index in [2.05, 4.69) is 5.32 Å². The maximum atomic E-state index is 11.2. The molecular weight excluding hydrogens is 254 g/mol. The maximum Gasteiger partial charge on any atom is 0.303 e. The molecule has 0 aliphatic carbocycles. The summed E-state index contributed by atoms with van der Waals surface area (Å²) in [6, 6.07) is 6.65. The highest BCUT2D eigenvalue weighted by Crippen LogP contribution is 2.10. The molecule has 0 spiro atoms. The van der Waals surface area contributed by atoms with E-state index < -0.39 is 15.8 Å². The predicted molar refractivity (Wildman–Crippen MR) is 68.1 cm³/mol. The molecule has 6 heteroatoms. The lowest BCUT2D eigenvalue weighted by Gasteiger charge is -2.05. The van der Waals surface area contributed by atoms with E-state index in [4.69, 9.17) is 5.11 Å². The minimum atomic E-state index is -3.14. The molecule has 0 aromatic heterocycles. The third-order valence-electron chi connectivity index (χ3n) is 2.42. The summed E-state index contributed by atoms with van der Waals surface area (Å²) in [6.45, 7) is 1.23. The van der Waals surface area contributed by atoms with Gasteiger partial charge in [-0.1, -0.05) is 12.1 Å². The molecule has 100 valence electrons. The molecular formula is C12H17NO4S. The Bertz CT molecular complexity index is 493. The van der Waals surface area contributed by atoms with Gasteiger partial charge in [0.05, 0.1) is 4.90 Å². The van der Waals surface area contributed by atoms with Crippen LogP contribution < -0.4 is 5.32 Å². The number of aliphatic carboxylic acids is 1. The Morgan fingerprint density at radius 1 is 1.28 bits per heavy atom. The van der Waals surface area contributed by atoms with Crippen LogP contribution in [0.25, 0.3) is 0 Å². The first-order valence-electron chi connectivity index (χ1n) is 5.61. The zero-order chi connectivity index (χ0) is 13.6. The highest BCUT2D eigenvalue weighted by molar-refractivity contribution is 7.90. The Morgan fingerprint density at radius 2 is 1.89 bits per heavy atom. The molecule has 18 heavy (non-hydrogen) atoms. The Labute approximate surface area is 107 Å². The van der Waals surface area contributed by atoms with Gasteiger partial charge in [0.1, 0.15) is 0 Å². The number of hydrogen-bond donors (Lipinski definition) is 2. The first-order chi connectivity index (χ1) is 8.39. The van der Waals surface area contributed by atoms with Gasteiger partial charge in [-0.05, 0) is 30.7 Å². The van der Waals surface area contributed by atoms with E-state index in [9.17, 15) is 13.2 Å². The predicted octanol–water partition coefficient (Wildman–Crippen LogP) is 1.04. The normalized spacial score (nSPS) is 11.4. The van der Waals surface area contributed by atoms with Gasteiger partial charge in [-0.15, -0.1) is 0 Å². The van der Waals surface area contributed by atoms with Crippen LogP contribution in [0.4, 0.5) is 0 Å². The van der Waals surface area contributed by atoms with Crippen LogP contribution >= 0.6 is 0 Å². The highest BCUT2D eigenvalue weighted by atomic mass is 32.2. The smallest absolute Gasteiger partial charge is 0.303 e. The van der Waals surface area contributed by atoms with Gasteiger partial charge >= 0.3 is 5.97 Å². The second-order valence-electron chi connectivity index (χ2n) is 4.09. The SMILES string of the molecule is CS(=O)(=O)c1ccc(CNCCCC(=O)O)cc1. The van der Waals surface area contributed by atoms with Gasteiger partial charge in [0.2, 0.25) is 0 Å². The van der Waals surface area contributed by atoms with Crippen LogP contribution in [0.15, 0.2) is 29.2 Å². The van der Waals surface area contributed by atoms with E-state index in [1.54, 1.807) is 24.3 Å². The molecule has 0 unspecified atom stereocenters. The fraction of sp³-hybridized carbons (Fsp3) is 0.417. The molecule has 0 heterocycles. The molecule has 1 aromatic rings. The summed E-state index contributed by atoms with van der Waals surface area (Å²) in [6.07, 6.45) is 1.91. The van der Waals surface area contributed by atoms with Crippen molar-refractivity contribution in [1.82, 2.24) is 5.32 Å². The van der Waals surface area contributed by atoms with Crippen molar-refractivity contribution in [1.29, 1.82) is 0 Å². The number of carboxylic acids is 1. The summed E-state index contributed by atoms with van der Waals surface area (Å²) in [5, 5.41) is 11.6. The standard InChI is InChI=1S/C12H17NO4S/c1-18(16,17)11-6-4-10(5-7-11)9-13-8-2-3-12(14)15/h4-7,13H,2-3,8-9H2,1H3,(H,14,15). The Morgan fingerprint density at radius 3 is 2.39 bits per heavy atom. The van der Waals surface area contributed by atoms with Gasteiger partial charge in [0.15, 0.2) is 9.84 Å². The third-order valence-corrected chi connectivity index (χ3v) is 3.55. The van der Waals surface area contributed by atoms with Crippen LogP contribution in [0.5, 0.6) is 0 Å². The second kappa shape index (κ2) is 6.51. The number of sulfone groups is 1. The van der Waals surface area contributed by atoms with Gasteiger partial charge in [-0.3, -0.25) is 4.79 Å². The molecule has 0 radical (unpaired) electrons. The monoisotopic (exact) mass is 271 g/mol. The number of rotatable bonds is 7. The van der Waals surface area contributed by atoms with E-state index in [1.807, 2.05) is 0 Å². The third kappa shape index (κ3) is 5.29.